The lowest BCUT2D eigenvalue weighted by Gasteiger charge is -2.33. The summed E-state index contributed by atoms with van der Waals surface area (Å²) in [6, 6.07) is 4.75. The van der Waals surface area contributed by atoms with Crippen molar-refractivity contribution >= 4 is 11.2 Å². The van der Waals surface area contributed by atoms with Crippen LogP contribution in [0, 0.1) is 6.57 Å². The highest BCUT2D eigenvalue weighted by Crippen LogP contribution is 2.38. The Morgan fingerprint density at radius 2 is 2.00 bits per heavy atom. The molecule has 1 unspecified atom stereocenters. The van der Waals surface area contributed by atoms with Crippen LogP contribution in [0.25, 0.3) is 33.0 Å². The highest BCUT2D eigenvalue weighted by Gasteiger charge is 2.42. The monoisotopic (exact) mass is 452 g/mol. The molecule has 1 fully saturated rings. The molecule has 1 saturated heterocycles. The number of hydrogen-bond donors (Lipinski definition) is 1. The van der Waals surface area contributed by atoms with E-state index >= 15 is 0 Å². The van der Waals surface area contributed by atoms with Gasteiger partial charge in [0.2, 0.25) is 6.04 Å². The molecule has 1 aliphatic heterocycles. The van der Waals surface area contributed by atoms with Crippen LogP contribution < -0.4 is 0 Å². The molecule has 4 aromatic rings. The smallest absolute Gasteiger partial charge is 0.343 e. The van der Waals surface area contributed by atoms with Crippen molar-refractivity contribution in [2.75, 3.05) is 19.6 Å². The predicted octanol–water partition coefficient (Wildman–Crippen LogP) is 3.85. The van der Waals surface area contributed by atoms with Crippen molar-refractivity contribution in [3.8, 4) is 16.9 Å². The number of aromatic nitrogens is 6. The quantitative estimate of drug-likeness (QED) is 0.450. The molecule has 0 aliphatic carbocycles. The second kappa shape index (κ2) is 8.29. The molecule has 0 aromatic carbocycles. The first-order valence-corrected chi connectivity index (χ1v) is 10.4. The molecule has 168 valence electrons. The first kappa shape index (κ1) is 21.1. The zero-order valence-electron chi connectivity index (χ0n) is 17.4. The number of aromatic amines is 1. The van der Waals surface area contributed by atoms with E-state index in [4.69, 9.17) is 6.57 Å². The SMILES string of the molecule is [C-]#[N+]C1CN(CCC(c2ccc(-n3cc(-c4ccnc5nc[nH]c45)cn3)nc2)C(F)(F)F)C1. The van der Waals surface area contributed by atoms with Crippen LogP contribution in [0.2, 0.25) is 0 Å². The van der Waals surface area contributed by atoms with E-state index in [1.54, 1.807) is 31.0 Å². The Labute approximate surface area is 186 Å². The van der Waals surface area contributed by atoms with Gasteiger partial charge in [0.25, 0.3) is 0 Å². The molecule has 5 heterocycles. The number of pyridine rings is 2. The number of nitrogens with zero attached hydrogens (tertiary/aromatic N) is 7. The number of fused-ring (bicyclic) bond motifs is 1. The number of imidazole rings is 1. The van der Waals surface area contributed by atoms with Gasteiger partial charge in [-0.25, -0.2) is 26.2 Å². The van der Waals surface area contributed by atoms with Gasteiger partial charge in [-0.3, -0.25) is 4.90 Å². The van der Waals surface area contributed by atoms with Crippen LogP contribution in [0.5, 0.6) is 0 Å². The average Bonchev–Trinajstić information content (AvgIpc) is 3.44. The number of halogens is 3. The van der Waals surface area contributed by atoms with Crippen molar-refractivity contribution in [1.29, 1.82) is 0 Å². The largest absolute Gasteiger partial charge is 0.395 e. The number of alkyl halides is 3. The lowest BCUT2D eigenvalue weighted by atomic mass is 9.95. The molecule has 4 aromatic heterocycles. The second-order valence-corrected chi connectivity index (χ2v) is 8.01. The van der Waals surface area contributed by atoms with Crippen molar-refractivity contribution < 1.29 is 13.2 Å². The van der Waals surface area contributed by atoms with Crippen molar-refractivity contribution in [2.24, 2.45) is 0 Å². The summed E-state index contributed by atoms with van der Waals surface area (Å²) < 4.78 is 42.7. The zero-order valence-corrected chi connectivity index (χ0v) is 17.4. The molecule has 1 aliphatic rings. The van der Waals surface area contributed by atoms with Crippen molar-refractivity contribution in [3.63, 3.8) is 0 Å². The van der Waals surface area contributed by atoms with Crippen LogP contribution in [0.4, 0.5) is 13.2 Å². The third-order valence-corrected chi connectivity index (χ3v) is 5.88. The van der Waals surface area contributed by atoms with Crippen LogP contribution in [-0.4, -0.2) is 66.5 Å². The Hall–Kier alpha value is -3.78. The third kappa shape index (κ3) is 4.17. The topological polar surface area (TPSA) is 79.9 Å². The predicted molar refractivity (Wildman–Crippen MR) is 114 cm³/mol. The Balaban J connectivity index is 1.33. The minimum Gasteiger partial charge on any atom is -0.343 e. The van der Waals surface area contributed by atoms with Gasteiger partial charge in [0, 0.05) is 29.7 Å². The van der Waals surface area contributed by atoms with Crippen LogP contribution >= 0.6 is 0 Å². The van der Waals surface area contributed by atoms with Gasteiger partial charge < -0.3 is 9.83 Å². The molecule has 0 saturated carbocycles. The summed E-state index contributed by atoms with van der Waals surface area (Å²) in [5, 5.41) is 4.32. The molecule has 8 nitrogen and oxygen atoms in total. The van der Waals surface area contributed by atoms with Gasteiger partial charge >= 0.3 is 6.18 Å². The fraction of sp³-hybridized carbons (Fsp3) is 0.318. The van der Waals surface area contributed by atoms with Crippen LogP contribution in [0.3, 0.4) is 0 Å². The van der Waals surface area contributed by atoms with E-state index in [1.165, 1.54) is 16.9 Å². The van der Waals surface area contributed by atoms with E-state index in [2.05, 4.69) is 29.9 Å². The standard InChI is InChI=1S/C22H19F3N8/c1-26-16-11-32(12-16)7-5-18(22(23,24)25)14-2-3-19(28-8-14)33-10-15(9-31-33)17-4-6-27-21-20(17)29-13-30-21/h2-4,6,8-10,13,16,18H,5,7,11-12H2,(H,27,29,30). The Kier molecular flexibility index (Phi) is 5.30. The Morgan fingerprint density at radius 1 is 1.15 bits per heavy atom. The molecule has 11 heteroatoms. The summed E-state index contributed by atoms with van der Waals surface area (Å²) in [7, 11) is 0. The minimum atomic E-state index is -4.37. The molecule has 33 heavy (non-hydrogen) atoms. The van der Waals surface area contributed by atoms with Gasteiger partial charge in [-0.05, 0) is 30.7 Å². The second-order valence-electron chi connectivity index (χ2n) is 8.01. The summed E-state index contributed by atoms with van der Waals surface area (Å²) in [5.74, 6) is -1.19. The van der Waals surface area contributed by atoms with Gasteiger partial charge in [-0.15, -0.1) is 0 Å². The average molecular weight is 452 g/mol. The van der Waals surface area contributed by atoms with Crippen LogP contribution in [-0.2, 0) is 0 Å². The van der Waals surface area contributed by atoms with E-state index < -0.39 is 12.1 Å². The number of H-pyrrole nitrogens is 1. The molecule has 0 spiro atoms. The molecule has 0 bridgehead atoms. The normalized spacial score (nSPS) is 15.9. The summed E-state index contributed by atoms with van der Waals surface area (Å²) in [4.78, 5) is 20.9. The zero-order chi connectivity index (χ0) is 23.0. The first-order valence-electron chi connectivity index (χ1n) is 10.4. The third-order valence-electron chi connectivity index (χ3n) is 5.88. The fourth-order valence-electron chi connectivity index (χ4n) is 4.05. The number of rotatable bonds is 6. The first-order chi connectivity index (χ1) is 15.9. The van der Waals surface area contributed by atoms with Gasteiger partial charge in [-0.2, -0.15) is 18.3 Å². The van der Waals surface area contributed by atoms with E-state index in [9.17, 15) is 13.2 Å². The number of nitrogens with one attached hydrogen (secondary N) is 1. The molecule has 5 rings (SSSR count). The van der Waals surface area contributed by atoms with Crippen LogP contribution in [0.15, 0.2) is 49.3 Å². The Bertz CT molecular complexity index is 1300. The minimum absolute atomic E-state index is 0.0661. The van der Waals surface area contributed by atoms with E-state index in [0.717, 1.165) is 16.6 Å². The van der Waals surface area contributed by atoms with Crippen LogP contribution in [0.1, 0.15) is 17.9 Å². The summed E-state index contributed by atoms with van der Waals surface area (Å²) in [5.41, 5.74) is 3.15. The summed E-state index contributed by atoms with van der Waals surface area (Å²) in [6.07, 6.45) is 3.47. The number of hydrogen-bond acceptors (Lipinski definition) is 5. The lowest BCUT2D eigenvalue weighted by molar-refractivity contribution is -0.153. The van der Waals surface area contributed by atoms with Gasteiger partial charge in [0.05, 0.1) is 37.0 Å². The maximum absolute atomic E-state index is 13.7. The van der Waals surface area contributed by atoms with Gasteiger partial charge in [-0.1, -0.05) is 6.07 Å². The van der Waals surface area contributed by atoms with E-state index in [-0.39, 0.29) is 18.0 Å². The van der Waals surface area contributed by atoms with Gasteiger partial charge in [0.1, 0.15) is 0 Å². The molecule has 0 amide bonds. The fourth-order valence-corrected chi connectivity index (χ4v) is 4.05. The summed E-state index contributed by atoms with van der Waals surface area (Å²) in [6.45, 7) is 8.34. The molecule has 1 N–H and O–H groups in total. The van der Waals surface area contributed by atoms with Crippen molar-refractivity contribution in [3.05, 3.63) is 66.3 Å². The molecule has 1 atom stereocenters. The lowest BCUT2D eigenvalue weighted by Crippen LogP contribution is -2.49. The Morgan fingerprint density at radius 3 is 2.73 bits per heavy atom. The summed E-state index contributed by atoms with van der Waals surface area (Å²) >= 11 is 0. The maximum atomic E-state index is 13.7. The van der Waals surface area contributed by atoms with Crippen molar-refractivity contribution in [1.82, 2.24) is 34.6 Å². The molecule has 0 radical (unpaired) electrons. The maximum Gasteiger partial charge on any atom is 0.395 e. The number of likely N-dealkylation sites (tertiary alicyclic amines) is 1. The highest BCUT2D eigenvalue weighted by atomic mass is 19.4. The highest BCUT2D eigenvalue weighted by molar-refractivity contribution is 5.88. The van der Waals surface area contributed by atoms with E-state index in [1.807, 2.05) is 11.0 Å². The van der Waals surface area contributed by atoms with Crippen molar-refractivity contribution in [2.45, 2.75) is 24.6 Å². The van der Waals surface area contributed by atoms with Gasteiger partial charge in [0.15, 0.2) is 11.5 Å². The van der Waals surface area contributed by atoms with E-state index in [0.29, 0.717) is 31.1 Å². The molecular formula is C22H19F3N8. The molecular weight excluding hydrogens is 433 g/mol.